The number of amidine groups is 1. The number of esters is 1. The highest BCUT2D eigenvalue weighted by Crippen LogP contribution is 2.16. The molecule has 0 spiro atoms. The van der Waals surface area contributed by atoms with Crippen molar-refractivity contribution in [1.82, 2.24) is 21.1 Å². The van der Waals surface area contributed by atoms with Crippen LogP contribution in [0.2, 0.25) is 0 Å². The van der Waals surface area contributed by atoms with Crippen LogP contribution in [0.1, 0.15) is 30.5 Å². The van der Waals surface area contributed by atoms with Crippen molar-refractivity contribution in [2.24, 2.45) is 0 Å². The standard InChI is InChI=1S/C25H28N6O9/c1-14(32)31(30-24(37)27-17-11-9-16(10-12-17)21(26)29-25(38)40-3)18(13-19(33)34)22(35)28-20(23(36)39-2)15-7-5-4-6-8-15/h4-12,18,20H,13H2,1-3H3,(H,28,35)(H,33,34)(H2,26,29,38)(H2,27,30,37)/t18-,20-/m0/s1. The SMILES string of the molecule is COC(=O)NC(=N)c1ccc(NC(=O)NN(C(C)=O)[C@@H](CC(=O)O)C(=O)N[C@H](C(=O)OC)c2ccccc2)cc1. The number of hydrogen-bond donors (Lipinski definition) is 6. The number of nitrogens with one attached hydrogen (secondary N) is 5. The third-order valence-corrected chi connectivity index (χ3v) is 5.24. The third-order valence-electron chi connectivity index (χ3n) is 5.24. The number of carboxylic acids is 1. The molecule has 0 aromatic heterocycles. The van der Waals surface area contributed by atoms with Crippen molar-refractivity contribution < 1.29 is 43.3 Å². The summed E-state index contributed by atoms with van der Waals surface area (Å²) in [7, 11) is 2.25. The van der Waals surface area contributed by atoms with Gasteiger partial charge in [0.1, 0.15) is 11.9 Å². The summed E-state index contributed by atoms with van der Waals surface area (Å²) < 4.78 is 9.16. The maximum atomic E-state index is 13.2. The van der Waals surface area contributed by atoms with Gasteiger partial charge in [0.15, 0.2) is 6.04 Å². The number of rotatable bonds is 9. The van der Waals surface area contributed by atoms with Gasteiger partial charge in [0.05, 0.1) is 20.6 Å². The van der Waals surface area contributed by atoms with Crippen molar-refractivity contribution in [2.75, 3.05) is 19.5 Å². The molecule has 15 nitrogen and oxygen atoms in total. The molecule has 0 aliphatic rings. The van der Waals surface area contributed by atoms with Gasteiger partial charge in [0, 0.05) is 18.2 Å². The summed E-state index contributed by atoms with van der Waals surface area (Å²) in [5.41, 5.74) is 2.99. The van der Waals surface area contributed by atoms with E-state index in [0.29, 0.717) is 16.1 Å². The molecule has 0 saturated carbocycles. The number of hydrazine groups is 1. The molecular formula is C25H28N6O9. The van der Waals surface area contributed by atoms with Crippen LogP contribution in [0.25, 0.3) is 0 Å². The van der Waals surface area contributed by atoms with Gasteiger partial charge in [-0.15, -0.1) is 0 Å². The Balaban J connectivity index is 2.20. The lowest BCUT2D eigenvalue weighted by atomic mass is 10.1. The maximum Gasteiger partial charge on any atom is 0.412 e. The number of aliphatic carboxylic acids is 1. The normalized spacial score (nSPS) is 11.6. The van der Waals surface area contributed by atoms with Gasteiger partial charge < -0.3 is 25.2 Å². The predicted octanol–water partition coefficient (Wildman–Crippen LogP) is 1.13. The summed E-state index contributed by atoms with van der Waals surface area (Å²) in [6.07, 6.45) is -1.74. The number of anilines is 1. The smallest absolute Gasteiger partial charge is 0.412 e. The molecular weight excluding hydrogens is 528 g/mol. The van der Waals surface area contributed by atoms with Gasteiger partial charge in [0.2, 0.25) is 11.8 Å². The zero-order valence-corrected chi connectivity index (χ0v) is 21.7. The summed E-state index contributed by atoms with van der Waals surface area (Å²) in [6.45, 7) is 1.01. The van der Waals surface area contributed by atoms with E-state index in [1.54, 1.807) is 30.3 Å². The number of carbonyl (C=O) groups is 6. The average Bonchev–Trinajstić information content (AvgIpc) is 2.93. The molecule has 0 aliphatic carbocycles. The monoisotopic (exact) mass is 556 g/mol. The van der Waals surface area contributed by atoms with Crippen LogP contribution in [0.4, 0.5) is 15.3 Å². The Morgan fingerprint density at radius 3 is 2.10 bits per heavy atom. The Morgan fingerprint density at radius 2 is 1.57 bits per heavy atom. The summed E-state index contributed by atoms with van der Waals surface area (Å²) >= 11 is 0. The van der Waals surface area contributed by atoms with Gasteiger partial charge in [-0.2, -0.15) is 0 Å². The molecule has 2 aromatic rings. The van der Waals surface area contributed by atoms with Gasteiger partial charge in [-0.1, -0.05) is 30.3 Å². The zero-order valence-electron chi connectivity index (χ0n) is 21.7. The van der Waals surface area contributed by atoms with E-state index in [4.69, 9.17) is 10.1 Å². The van der Waals surface area contributed by atoms with Crippen molar-refractivity contribution in [3.05, 3.63) is 65.7 Å². The molecule has 0 saturated heterocycles. The number of urea groups is 1. The van der Waals surface area contributed by atoms with E-state index in [0.717, 1.165) is 21.1 Å². The van der Waals surface area contributed by atoms with Crippen LogP contribution in [0, 0.1) is 5.41 Å². The molecule has 212 valence electrons. The third kappa shape index (κ3) is 8.83. The van der Waals surface area contributed by atoms with Crippen molar-refractivity contribution >= 4 is 47.4 Å². The van der Waals surface area contributed by atoms with E-state index in [1.165, 1.54) is 24.3 Å². The molecule has 6 N–H and O–H groups in total. The molecule has 40 heavy (non-hydrogen) atoms. The number of alkyl carbamates (subject to hydrolysis) is 1. The molecule has 0 fully saturated rings. The Labute approximate surface area is 228 Å². The summed E-state index contributed by atoms with van der Waals surface area (Å²) in [5.74, 6) is -4.47. The molecule has 5 amide bonds. The van der Waals surface area contributed by atoms with E-state index in [-0.39, 0.29) is 11.5 Å². The number of nitrogens with zero attached hydrogens (tertiary/aromatic N) is 1. The Bertz CT molecular complexity index is 1270. The first-order chi connectivity index (χ1) is 19.0. The fourth-order valence-corrected chi connectivity index (χ4v) is 3.34. The highest BCUT2D eigenvalue weighted by molar-refractivity contribution is 6.05. The van der Waals surface area contributed by atoms with Crippen LogP contribution >= 0.6 is 0 Å². The lowest BCUT2D eigenvalue weighted by molar-refractivity contribution is -0.150. The van der Waals surface area contributed by atoms with Gasteiger partial charge in [-0.05, 0) is 29.8 Å². The van der Waals surface area contributed by atoms with Crippen molar-refractivity contribution in [3.63, 3.8) is 0 Å². The fraction of sp³-hybridized carbons (Fsp3) is 0.240. The second-order valence-corrected chi connectivity index (χ2v) is 8.01. The first-order valence-electron chi connectivity index (χ1n) is 11.5. The van der Waals surface area contributed by atoms with Crippen LogP contribution in [-0.2, 0) is 28.7 Å². The summed E-state index contributed by atoms with van der Waals surface area (Å²) in [6, 6.07) is 9.54. The highest BCUT2D eigenvalue weighted by Gasteiger charge is 2.35. The van der Waals surface area contributed by atoms with E-state index in [2.05, 4.69) is 26.1 Å². The number of hydrogen-bond acceptors (Lipinski definition) is 9. The van der Waals surface area contributed by atoms with E-state index in [1.807, 2.05) is 0 Å². The topological polar surface area (TPSA) is 216 Å². The second kappa shape index (κ2) is 14.5. The number of benzene rings is 2. The van der Waals surface area contributed by atoms with Crippen molar-refractivity contribution in [1.29, 1.82) is 5.41 Å². The predicted molar refractivity (Wildman–Crippen MR) is 139 cm³/mol. The average molecular weight is 557 g/mol. The highest BCUT2D eigenvalue weighted by atomic mass is 16.5. The molecule has 2 atom stereocenters. The number of amides is 5. The minimum absolute atomic E-state index is 0.199. The maximum absolute atomic E-state index is 13.2. The van der Waals surface area contributed by atoms with Gasteiger partial charge >= 0.3 is 24.1 Å². The van der Waals surface area contributed by atoms with Crippen LogP contribution in [0.15, 0.2) is 54.6 Å². The fourth-order valence-electron chi connectivity index (χ4n) is 3.34. The number of carboxylic acid groups (broad SMARTS) is 1. The van der Waals surface area contributed by atoms with E-state index in [9.17, 15) is 33.9 Å². The number of ether oxygens (including phenoxy) is 2. The van der Waals surface area contributed by atoms with Crippen LogP contribution in [0.3, 0.4) is 0 Å². The van der Waals surface area contributed by atoms with Crippen molar-refractivity contribution in [3.8, 4) is 0 Å². The number of methoxy groups -OCH3 is 2. The summed E-state index contributed by atoms with van der Waals surface area (Å²) in [5, 5.41) is 24.7. The molecule has 0 radical (unpaired) electrons. The zero-order chi connectivity index (χ0) is 29.8. The van der Waals surface area contributed by atoms with Crippen molar-refractivity contribution in [2.45, 2.75) is 25.4 Å². The first-order valence-corrected chi connectivity index (χ1v) is 11.5. The van der Waals surface area contributed by atoms with Crippen LogP contribution in [-0.4, -0.2) is 72.1 Å². The molecule has 0 aliphatic heterocycles. The lowest BCUT2D eigenvalue weighted by Crippen LogP contribution is -2.58. The quantitative estimate of drug-likeness (QED) is 0.113. The molecule has 2 rings (SSSR count). The molecule has 0 heterocycles. The minimum Gasteiger partial charge on any atom is -0.481 e. The molecule has 0 unspecified atom stereocenters. The van der Waals surface area contributed by atoms with Gasteiger partial charge in [0.25, 0.3) is 0 Å². The van der Waals surface area contributed by atoms with E-state index < -0.39 is 54.4 Å². The Morgan fingerprint density at radius 1 is 0.950 bits per heavy atom. The molecule has 0 bridgehead atoms. The van der Waals surface area contributed by atoms with Gasteiger partial charge in [-0.3, -0.25) is 25.1 Å². The largest absolute Gasteiger partial charge is 0.481 e. The lowest BCUT2D eigenvalue weighted by Gasteiger charge is -2.30. The van der Waals surface area contributed by atoms with E-state index >= 15 is 0 Å². The van der Waals surface area contributed by atoms with Crippen LogP contribution in [0.5, 0.6) is 0 Å². The van der Waals surface area contributed by atoms with Crippen LogP contribution < -0.4 is 21.4 Å². The summed E-state index contributed by atoms with van der Waals surface area (Å²) in [4.78, 5) is 73.4. The number of carbonyl (C=O) groups excluding carboxylic acids is 5. The van der Waals surface area contributed by atoms with Gasteiger partial charge in [-0.25, -0.2) is 24.8 Å². The molecule has 2 aromatic carbocycles. The first kappa shape index (κ1) is 30.8. The molecule has 15 heteroatoms. The second-order valence-electron chi connectivity index (χ2n) is 8.01. The minimum atomic E-state index is -1.75. The Kier molecular flexibility index (Phi) is 11.1. The Hall–Kier alpha value is -5.47.